The Hall–Kier alpha value is -1.43. The second-order valence-electron chi connectivity index (χ2n) is 3.63. The van der Waals surface area contributed by atoms with Crippen LogP contribution in [0.5, 0.6) is 0 Å². The van der Waals surface area contributed by atoms with Crippen molar-refractivity contribution in [3.8, 4) is 0 Å². The number of hydrogen-bond acceptors (Lipinski definition) is 3. The number of aryl methyl sites for hydroxylation is 2. The number of halogens is 1. The van der Waals surface area contributed by atoms with Crippen LogP contribution in [-0.2, 0) is 14.1 Å². The van der Waals surface area contributed by atoms with E-state index >= 15 is 0 Å². The summed E-state index contributed by atoms with van der Waals surface area (Å²) in [6, 6.07) is 1.69. The first-order chi connectivity index (χ1) is 7.43. The van der Waals surface area contributed by atoms with E-state index in [1.807, 2.05) is 6.92 Å². The van der Waals surface area contributed by atoms with E-state index < -0.39 is 0 Å². The Bertz CT molecular complexity index is 700. The van der Waals surface area contributed by atoms with Crippen LogP contribution >= 0.6 is 15.9 Å². The Morgan fingerprint density at radius 2 is 1.88 bits per heavy atom. The maximum absolute atomic E-state index is 11.9. The van der Waals surface area contributed by atoms with Gasteiger partial charge in [0.25, 0.3) is 5.56 Å². The second kappa shape index (κ2) is 3.55. The molecule has 0 aromatic carbocycles. The van der Waals surface area contributed by atoms with E-state index in [0.717, 1.165) is 14.7 Å². The molecule has 0 amide bonds. The Kier molecular flexibility index (Phi) is 2.46. The van der Waals surface area contributed by atoms with E-state index in [-0.39, 0.29) is 11.2 Å². The van der Waals surface area contributed by atoms with Crippen LogP contribution < -0.4 is 11.2 Å². The highest BCUT2D eigenvalue weighted by molar-refractivity contribution is 9.10. The summed E-state index contributed by atoms with van der Waals surface area (Å²) >= 11 is 3.32. The lowest BCUT2D eigenvalue weighted by molar-refractivity contribution is 0.706. The van der Waals surface area contributed by atoms with Crippen LogP contribution in [0.3, 0.4) is 0 Å². The van der Waals surface area contributed by atoms with Gasteiger partial charge in [-0.3, -0.25) is 13.9 Å². The Balaban J connectivity index is 3.16. The van der Waals surface area contributed by atoms with Crippen molar-refractivity contribution in [1.82, 2.24) is 14.1 Å². The summed E-state index contributed by atoms with van der Waals surface area (Å²) in [5.41, 5.74) is 0.461. The minimum absolute atomic E-state index is 0.327. The molecular weight excluding hydrogens is 274 g/mol. The minimum atomic E-state index is -0.369. The summed E-state index contributed by atoms with van der Waals surface area (Å²) < 4.78 is 3.21. The molecule has 0 aliphatic heterocycles. The molecule has 5 nitrogen and oxygen atoms in total. The van der Waals surface area contributed by atoms with Crippen LogP contribution in [0.15, 0.2) is 20.1 Å². The van der Waals surface area contributed by atoms with Gasteiger partial charge in [-0.25, -0.2) is 9.78 Å². The summed E-state index contributed by atoms with van der Waals surface area (Å²) in [6.45, 7) is 1.81. The number of nitrogens with zero attached hydrogens (tertiary/aromatic N) is 3. The van der Waals surface area contributed by atoms with Crippen LogP contribution in [0.1, 0.15) is 5.69 Å². The summed E-state index contributed by atoms with van der Waals surface area (Å²) in [6.07, 6.45) is 0. The SMILES string of the molecule is Cc1nc2c(cc1Br)c(=O)n(C)c(=O)n2C. The van der Waals surface area contributed by atoms with E-state index in [0.29, 0.717) is 11.0 Å². The molecule has 2 aromatic rings. The molecule has 0 aliphatic carbocycles. The first kappa shape index (κ1) is 11.1. The van der Waals surface area contributed by atoms with E-state index in [1.54, 1.807) is 13.1 Å². The van der Waals surface area contributed by atoms with E-state index in [2.05, 4.69) is 20.9 Å². The van der Waals surface area contributed by atoms with Crippen LogP contribution in [0.2, 0.25) is 0 Å². The Morgan fingerprint density at radius 3 is 2.50 bits per heavy atom. The van der Waals surface area contributed by atoms with Gasteiger partial charge in [0.2, 0.25) is 0 Å². The Labute approximate surface area is 99.5 Å². The van der Waals surface area contributed by atoms with E-state index in [9.17, 15) is 9.59 Å². The number of hydrogen-bond donors (Lipinski definition) is 0. The number of aromatic nitrogens is 3. The van der Waals surface area contributed by atoms with Gasteiger partial charge < -0.3 is 0 Å². The third-order valence-corrected chi connectivity index (χ3v) is 3.36. The first-order valence-corrected chi connectivity index (χ1v) is 5.45. The van der Waals surface area contributed by atoms with Crippen LogP contribution in [0, 0.1) is 6.92 Å². The summed E-state index contributed by atoms with van der Waals surface area (Å²) in [5.74, 6) is 0. The number of rotatable bonds is 0. The van der Waals surface area contributed by atoms with Gasteiger partial charge in [0.15, 0.2) is 0 Å². The molecule has 6 heteroatoms. The molecular formula is C10H10BrN3O2. The van der Waals surface area contributed by atoms with Crippen molar-refractivity contribution in [1.29, 1.82) is 0 Å². The summed E-state index contributed by atoms with van der Waals surface area (Å²) in [4.78, 5) is 27.8. The quantitative estimate of drug-likeness (QED) is 0.715. The molecule has 2 heterocycles. The fourth-order valence-corrected chi connectivity index (χ4v) is 1.88. The molecule has 0 N–H and O–H groups in total. The van der Waals surface area contributed by atoms with Gasteiger partial charge in [-0.05, 0) is 28.9 Å². The average molecular weight is 284 g/mol. The molecule has 0 saturated heterocycles. The topological polar surface area (TPSA) is 56.9 Å². The standard InChI is InChI=1S/C10H10BrN3O2/c1-5-7(11)4-6-8(12-5)13(2)10(16)14(3)9(6)15/h4H,1-3H3. The van der Waals surface area contributed by atoms with Gasteiger partial charge in [-0.1, -0.05) is 0 Å². The van der Waals surface area contributed by atoms with Gasteiger partial charge in [0.05, 0.1) is 11.1 Å². The van der Waals surface area contributed by atoms with E-state index in [4.69, 9.17) is 0 Å². The van der Waals surface area contributed by atoms with Crippen LogP contribution in [0.4, 0.5) is 0 Å². The van der Waals surface area contributed by atoms with Gasteiger partial charge in [-0.15, -0.1) is 0 Å². The highest BCUT2D eigenvalue weighted by atomic mass is 79.9. The first-order valence-electron chi connectivity index (χ1n) is 4.66. The normalized spacial score (nSPS) is 11.0. The van der Waals surface area contributed by atoms with Gasteiger partial charge in [0, 0.05) is 18.6 Å². The molecule has 0 bridgehead atoms. The molecule has 0 radical (unpaired) electrons. The zero-order valence-electron chi connectivity index (χ0n) is 9.11. The zero-order chi connectivity index (χ0) is 12.0. The smallest absolute Gasteiger partial charge is 0.280 e. The molecule has 16 heavy (non-hydrogen) atoms. The van der Waals surface area contributed by atoms with Crippen molar-refractivity contribution >= 4 is 27.0 Å². The minimum Gasteiger partial charge on any atom is -0.280 e. The fraction of sp³-hybridized carbons (Fsp3) is 0.300. The second-order valence-corrected chi connectivity index (χ2v) is 4.49. The third kappa shape index (κ3) is 1.41. The van der Waals surface area contributed by atoms with Crippen molar-refractivity contribution in [3.63, 3.8) is 0 Å². The highest BCUT2D eigenvalue weighted by Crippen LogP contribution is 2.17. The lowest BCUT2D eigenvalue weighted by Gasteiger charge is -2.07. The third-order valence-electron chi connectivity index (χ3n) is 2.56. The van der Waals surface area contributed by atoms with Gasteiger partial charge >= 0.3 is 5.69 Å². The van der Waals surface area contributed by atoms with Crippen LogP contribution in [0.25, 0.3) is 11.0 Å². The fourth-order valence-electron chi connectivity index (χ4n) is 1.56. The van der Waals surface area contributed by atoms with Crippen molar-refractivity contribution in [2.45, 2.75) is 6.92 Å². The average Bonchev–Trinajstić information content (AvgIpc) is 2.26. The molecule has 0 fully saturated rings. The molecule has 2 rings (SSSR count). The van der Waals surface area contributed by atoms with Gasteiger partial charge in [0.1, 0.15) is 5.65 Å². The van der Waals surface area contributed by atoms with E-state index in [1.165, 1.54) is 11.6 Å². The summed E-state index contributed by atoms with van der Waals surface area (Å²) in [7, 11) is 3.06. The van der Waals surface area contributed by atoms with Crippen molar-refractivity contribution < 1.29 is 0 Å². The lowest BCUT2D eigenvalue weighted by Crippen LogP contribution is -2.37. The highest BCUT2D eigenvalue weighted by Gasteiger charge is 2.11. The largest absolute Gasteiger partial charge is 0.332 e. The van der Waals surface area contributed by atoms with Crippen molar-refractivity contribution in [3.05, 3.63) is 37.1 Å². The predicted octanol–water partition coefficient (Wildman–Crippen LogP) is 0.703. The maximum atomic E-state index is 11.9. The van der Waals surface area contributed by atoms with Crippen molar-refractivity contribution in [2.75, 3.05) is 0 Å². The maximum Gasteiger partial charge on any atom is 0.332 e. The molecule has 84 valence electrons. The molecule has 0 unspecified atom stereocenters. The molecule has 2 aromatic heterocycles. The molecule has 0 aliphatic rings. The number of fused-ring (bicyclic) bond motifs is 1. The number of pyridine rings is 1. The van der Waals surface area contributed by atoms with Crippen LogP contribution in [-0.4, -0.2) is 14.1 Å². The molecule has 0 atom stereocenters. The lowest BCUT2D eigenvalue weighted by atomic mass is 10.3. The summed E-state index contributed by atoms with van der Waals surface area (Å²) in [5, 5.41) is 0.432. The predicted molar refractivity (Wildman–Crippen MR) is 64.7 cm³/mol. The molecule has 0 spiro atoms. The monoisotopic (exact) mass is 283 g/mol. The zero-order valence-corrected chi connectivity index (χ0v) is 10.7. The van der Waals surface area contributed by atoms with Crippen molar-refractivity contribution in [2.24, 2.45) is 14.1 Å². The molecule has 0 saturated carbocycles. The van der Waals surface area contributed by atoms with Gasteiger partial charge in [-0.2, -0.15) is 0 Å². The Morgan fingerprint density at radius 1 is 1.25 bits per heavy atom.